The first-order valence-corrected chi connectivity index (χ1v) is 40.3. The molecule has 1 amide bonds. The Bertz CT molecular complexity index is 1540. The molecule has 0 aromatic heterocycles. The normalized spacial score (nSPS) is 17.9. The molecule has 1 heterocycles. The van der Waals surface area contributed by atoms with E-state index in [4.69, 9.17) is 9.47 Å². The number of aliphatic hydroxyl groups is 4. The van der Waals surface area contributed by atoms with Crippen LogP contribution >= 0.6 is 0 Å². The molecule has 13 heteroatoms. The molecule has 526 valence electrons. The summed E-state index contributed by atoms with van der Waals surface area (Å²) in [5.74, 6) is -0.218. The number of hydrogen-bond donors (Lipinski definition) is 6. The first-order chi connectivity index (χ1) is 43.0. The summed E-state index contributed by atoms with van der Waals surface area (Å²) in [4.78, 5) is 13.3. The number of unbranched alkanes of at least 4 members (excludes halogenated alkanes) is 59. The SMILES string of the molecule is CCCCCCCCCCCCCCCCCCCCCCCCCCCCCCCCCCCCCCCC(=O)NC(COC1OC(CO)C(O)C(OS(=O)(=O)O)C1O)C(O)CCCCCCCCCCCCCCCCCCCCCCCCCC. The number of hydrogen-bond acceptors (Lipinski definition) is 10. The van der Waals surface area contributed by atoms with E-state index < -0.39 is 59.9 Å². The highest BCUT2D eigenvalue weighted by atomic mass is 32.3. The van der Waals surface area contributed by atoms with Gasteiger partial charge in [-0.3, -0.25) is 9.35 Å². The fourth-order valence-corrected chi connectivity index (χ4v) is 13.7. The molecule has 6 N–H and O–H groups in total. The third kappa shape index (κ3) is 55.5. The predicted octanol–water partition coefficient (Wildman–Crippen LogP) is 21.1. The molecule has 0 aromatic rings. The van der Waals surface area contributed by atoms with Crippen molar-refractivity contribution in [1.82, 2.24) is 5.32 Å². The summed E-state index contributed by atoms with van der Waals surface area (Å²) in [5, 5.41) is 45.4. The van der Waals surface area contributed by atoms with Crippen LogP contribution in [-0.2, 0) is 28.9 Å². The van der Waals surface area contributed by atoms with Crippen molar-refractivity contribution in [3.63, 3.8) is 0 Å². The molecule has 1 aliphatic rings. The Morgan fingerprint density at radius 2 is 0.659 bits per heavy atom. The van der Waals surface area contributed by atoms with Crippen molar-refractivity contribution >= 4 is 16.3 Å². The highest BCUT2D eigenvalue weighted by Crippen LogP contribution is 2.27. The quantitative estimate of drug-likeness (QED) is 0.0251. The summed E-state index contributed by atoms with van der Waals surface area (Å²) in [5.41, 5.74) is 0. The molecule has 1 aliphatic heterocycles. The Morgan fingerprint density at radius 3 is 0.909 bits per heavy atom. The van der Waals surface area contributed by atoms with E-state index in [2.05, 4.69) is 23.3 Å². The number of aliphatic hydroxyl groups excluding tert-OH is 4. The molecule has 7 atom stereocenters. The highest BCUT2D eigenvalue weighted by Gasteiger charge is 2.48. The van der Waals surface area contributed by atoms with E-state index in [1.165, 1.54) is 340 Å². The van der Waals surface area contributed by atoms with Gasteiger partial charge in [-0.2, -0.15) is 8.42 Å². The van der Waals surface area contributed by atoms with Crippen LogP contribution < -0.4 is 5.32 Å². The summed E-state index contributed by atoms with van der Waals surface area (Å²) in [6, 6.07) is -0.856. The average Bonchev–Trinajstić information content (AvgIpc) is 1.15. The minimum atomic E-state index is -5.08. The lowest BCUT2D eigenvalue weighted by molar-refractivity contribution is -0.298. The van der Waals surface area contributed by atoms with Gasteiger partial charge < -0.3 is 35.2 Å². The van der Waals surface area contributed by atoms with Gasteiger partial charge in [-0.15, -0.1) is 0 Å². The Balaban J connectivity index is 2.14. The van der Waals surface area contributed by atoms with Crippen LogP contribution in [0.2, 0.25) is 0 Å². The summed E-state index contributed by atoms with van der Waals surface area (Å²) < 4.78 is 48.2. The van der Waals surface area contributed by atoms with Gasteiger partial charge in [0.1, 0.15) is 24.4 Å². The Labute approximate surface area is 545 Å². The van der Waals surface area contributed by atoms with E-state index in [-0.39, 0.29) is 12.5 Å². The van der Waals surface area contributed by atoms with Gasteiger partial charge in [-0.05, 0) is 12.8 Å². The topological polar surface area (TPSA) is 192 Å². The molecule has 1 rings (SSSR count). The van der Waals surface area contributed by atoms with E-state index in [0.29, 0.717) is 12.8 Å². The molecule has 88 heavy (non-hydrogen) atoms. The van der Waals surface area contributed by atoms with Crippen LogP contribution in [0.3, 0.4) is 0 Å². The van der Waals surface area contributed by atoms with Crippen molar-refractivity contribution < 1.29 is 51.8 Å². The molecule has 0 aliphatic carbocycles. The number of nitrogens with one attached hydrogen (secondary N) is 1. The van der Waals surface area contributed by atoms with E-state index in [1.807, 2.05) is 0 Å². The van der Waals surface area contributed by atoms with Crippen LogP contribution in [0.4, 0.5) is 0 Å². The first kappa shape index (κ1) is 85.1. The number of carbonyl (C=O) groups excluding carboxylic acids is 1. The second-order valence-corrected chi connectivity index (χ2v) is 28.7. The predicted molar refractivity (Wildman–Crippen MR) is 370 cm³/mol. The second-order valence-electron chi connectivity index (χ2n) is 27.7. The van der Waals surface area contributed by atoms with Gasteiger partial charge in [0.05, 0.1) is 25.4 Å². The summed E-state index contributed by atoms with van der Waals surface area (Å²) in [6.07, 6.45) is 73.2. The van der Waals surface area contributed by atoms with Gasteiger partial charge in [0.15, 0.2) is 6.29 Å². The monoisotopic (exact) mass is 1270 g/mol. The van der Waals surface area contributed by atoms with E-state index >= 15 is 0 Å². The van der Waals surface area contributed by atoms with Crippen LogP contribution in [0.25, 0.3) is 0 Å². The third-order valence-electron chi connectivity index (χ3n) is 19.2. The molecule has 0 saturated carbocycles. The second kappa shape index (κ2) is 64.8. The molecule has 12 nitrogen and oxygen atoms in total. The maximum Gasteiger partial charge on any atom is 0.397 e. The molecule has 0 spiro atoms. The third-order valence-corrected chi connectivity index (χ3v) is 19.6. The Kier molecular flexibility index (Phi) is 62.7. The maximum atomic E-state index is 13.3. The molecule has 0 aromatic carbocycles. The van der Waals surface area contributed by atoms with Gasteiger partial charge in [0, 0.05) is 6.42 Å². The highest BCUT2D eigenvalue weighted by molar-refractivity contribution is 7.80. The minimum Gasteiger partial charge on any atom is -0.394 e. The van der Waals surface area contributed by atoms with Gasteiger partial charge in [0.2, 0.25) is 5.91 Å². The van der Waals surface area contributed by atoms with Crippen LogP contribution in [-0.4, -0.2) is 95.4 Å². The van der Waals surface area contributed by atoms with Crippen molar-refractivity contribution in [2.45, 2.75) is 461 Å². The minimum absolute atomic E-state index is 0.218. The first-order valence-electron chi connectivity index (χ1n) is 38.9. The standard InChI is InChI=1S/C75H149NO11S/c1-3-5-7-9-11-13-15-17-19-21-23-25-27-29-30-31-32-33-34-35-36-37-38-39-40-41-43-45-47-49-51-53-55-57-59-61-63-65-71(79)76-68(67-85-75-73(81)74(87-88(82,83)84)72(80)70(66-77)86-75)69(78)64-62-60-58-56-54-52-50-48-46-44-42-28-26-24-22-20-18-16-14-12-10-8-6-4-2/h68-70,72-75,77-78,80-81H,3-67H2,1-2H3,(H,76,79)(H,82,83,84). The van der Waals surface area contributed by atoms with Crippen molar-refractivity contribution in [2.24, 2.45) is 0 Å². The number of ether oxygens (including phenoxy) is 2. The van der Waals surface area contributed by atoms with Crippen molar-refractivity contribution in [2.75, 3.05) is 13.2 Å². The molecule has 1 saturated heterocycles. The Morgan fingerprint density at radius 1 is 0.409 bits per heavy atom. The largest absolute Gasteiger partial charge is 0.397 e. The zero-order valence-corrected chi connectivity index (χ0v) is 58.9. The molecular formula is C75H149NO11S. The lowest BCUT2D eigenvalue weighted by atomic mass is 9.99. The maximum absolute atomic E-state index is 13.3. The van der Waals surface area contributed by atoms with Crippen LogP contribution in [0.1, 0.15) is 418 Å². The fourth-order valence-electron chi connectivity index (χ4n) is 13.2. The van der Waals surface area contributed by atoms with Crippen LogP contribution in [0, 0.1) is 0 Å². The van der Waals surface area contributed by atoms with Crippen LogP contribution in [0.15, 0.2) is 0 Å². The van der Waals surface area contributed by atoms with Crippen molar-refractivity contribution in [3.05, 3.63) is 0 Å². The van der Waals surface area contributed by atoms with Gasteiger partial charge in [-0.25, -0.2) is 4.18 Å². The molecule has 1 fully saturated rings. The fraction of sp³-hybridized carbons (Fsp3) is 0.987. The number of carbonyl (C=O) groups is 1. The van der Waals surface area contributed by atoms with E-state index in [9.17, 15) is 38.2 Å². The molecular weight excluding hydrogens is 1120 g/mol. The van der Waals surface area contributed by atoms with Crippen LogP contribution in [0.5, 0.6) is 0 Å². The number of amides is 1. The Hall–Kier alpha value is -0.900. The summed E-state index contributed by atoms with van der Waals surface area (Å²) in [6.45, 7) is 3.54. The van der Waals surface area contributed by atoms with Crippen molar-refractivity contribution in [3.8, 4) is 0 Å². The average molecular weight is 1270 g/mol. The van der Waals surface area contributed by atoms with Gasteiger partial charge in [-0.1, -0.05) is 399 Å². The lowest BCUT2D eigenvalue weighted by Gasteiger charge is -2.41. The van der Waals surface area contributed by atoms with E-state index in [0.717, 1.165) is 51.4 Å². The van der Waals surface area contributed by atoms with Crippen molar-refractivity contribution in [1.29, 1.82) is 0 Å². The lowest BCUT2D eigenvalue weighted by Crippen LogP contribution is -2.61. The van der Waals surface area contributed by atoms with E-state index in [1.54, 1.807) is 0 Å². The smallest absolute Gasteiger partial charge is 0.394 e. The zero-order chi connectivity index (χ0) is 63.9. The van der Waals surface area contributed by atoms with Gasteiger partial charge in [0.25, 0.3) is 0 Å². The summed E-state index contributed by atoms with van der Waals surface area (Å²) >= 11 is 0. The number of rotatable bonds is 71. The molecule has 7 unspecified atom stereocenters. The zero-order valence-electron chi connectivity index (χ0n) is 58.1. The van der Waals surface area contributed by atoms with Gasteiger partial charge >= 0.3 is 10.4 Å². The molecule has 0 radical (unpaired) electrons. The summed E-state index contributed by atoms with van der Waals surface area (Å²) in [7, 11) is -5.08. The molecule has 0 bridgehead atoms.